The maximum atomic E-state index is 9.10. The van der Waals surface area contributed by atoms with E-state index in [9.17, 15) is 0 Å². The van der Waals surface area contributed by atoms with Crippen molar-refractivity contribution in [2.24, 2.45) is 0 Å². The predicted octanol–water partition coefficient (Wildman–Crippen LogP) is 2.82. The van der Waals surface area contributed by atoms with E-state index in [0.29, 0.717) is 5.92 Å². The Balaban J connectivity index is 0.000000754. The Bertz CT molecular complexity index is 528. The Labute approximate surface area is 143 Å². The van der Waals surface area contributed by atoms with Gasteiger partial charge in [0, 0.05) is 6.54 Å². The van der Waals surface area contributed by atoms with Gasteiger partial charge in [0.2, 0.25) is 0 Å². The molecule has 3 N–H and O–H groups in total. The van der Waals surface area contributed by atoms with Crippen LogP contribution in [0.25, 0.3) is 0 Å². The summed E-state index contributed by atoms with van der Waals surface area (Å²) in [6.07, 6.45) is 2.88. The molecular weight excluding hydrogens is 310 g/mol. The highest BCUT2D eigenvalue weighted by atomic mass is 16.5. The zero-order valence-electron chi connectivity index (χ0n) is 14.5. The molecule has 0 heterocycles. The minimum Gasteiger partial charge on any atom is -0.494 e. The smallest absolute Gasteiger partial charge is 0.414 e. The van der Waals surface area contributed by atoms with E-state index in [1.54, 1.807) is 0 Å². The van der Waals surface area contributed by atoms with Crippen LogP contribution in [0.1, 0.15) is 37.3 Å². The molecule has 0 amide bonds. The Hall–Kier alpha value is -2.34. The average molecular weight is 337 g/mol. The fourth-order valence-electron chi connectivity index (χ4n) is 1.98. The highest BCUT2D eigenvalue weighted by Crippen LogP contribution is 2.23. The van der Waals surface area contributed by atoms with E-state index in [4.69, 9.17) is 24.5 Å². The Kier molecular flexibility index (Phi) is 10.9. The van der Waals surface area contributed by atoms with Crippen LogP contribution < -0.4 is 10.1 Å². The lowest BCUT2D eigenvalue weighted by Crippen LogP contribution is -2.17. The molecule has 0 spiro atoms. The number of benzene rings is 1. The first-order valence-corrected chi connectivity index (χ1v) is 7.80. The van der Waals surface area contributed by atoms with E-state index in [-0.39, 0.29) is 0 Å². The minimum atomic E-state index is -1.82. The van der Waals surface area contributed by atoms with Crippen molar-refractivity contribution in [3.05, 3.63) is 42.0 Å². The van der Waals surface area contributed by atoms with Crippen LogP contribution in [0.5, 0.6) is 5.75 Å². The molecule has 0 saturated carbocycles. The van der Waals surface area contributed by atoms with Crippen molar-refractivity contribution in [2.45, 2.75) is 33.1 Å². The lowest BCUT2D eigenvalue weighted by atomic mass is 9.98. The summed E-state index contributed by atoms with van der Waals surface area (Å²) in [6.45, 7) is 12.8. The minimum absolute atomic E-state index is 0.571. The number of carboxylic acids is 2. The first-order chi connectivity index (χ1) is 11.3. The molecule has 0 aliphatic carbocycles. The number of carbonyl (C=O) groups is 2. The SMILES string of the molecule is C=CCNCCCOc1ccc(C(C)C)c(C)c1.O=C(O)C(=O)O. The summed E-state index contributed by atoms with van der Waals surface area (Å²) in [4.78, 5) is 18.2. The van der Waals surface area contributed by atoms with Gasteiger partial charge in [0.15, 0.2) is 0 Å². The summed E-state index contributed by atoms with van der Waals surface area (Å²) in [7, 11) is 0. The van der Waals surface area contributed by atoms with Crippen LogP contribution in [0.4, 0.5) is 0 Å². The van der Waals surface area contributed by atoms with E-state index >= 15 is 0 Å². The number of hydrogen-bond donors (Lipinski definition) is 3. The lowest BCUT2D eigenvalue weighted by molar-refractivity contribution is -0.159. The van der Waals surface area contributed by atoms with E-state index in [2.05, 4.69) is 50.9 Å². The third kappa shape index (κ3) is 9.63. The monoisotopic (exact) mass is 337 g/mol. The van der Waals surface area contributed by atoms with Crippen LogP contribution in [-0.4, -0.2) is 41.8 Å². The Morgan fingerprint density at radius 1 is 1.29 bits per heavy atom. The lowest BCUT2D eigenvalue weighted by Gasteiger charge is -2.12. The molecule has 6 nitrogen and oxygen atoms in total. The molecule has 0 unspecified atom stereocenters. The van der Waals surface area contributed by atoms with Crippen LogP contribution in [0.15, 0.2) is 30.9 Å². The van der Waals surface area contributed by atoms with Crippen LogP contribution in [0.3, 0.4) is 0 Å². The number of aliphatic carboxylic acids is 2. The molecule has 0 aliphatic rings. The molecule has 1 aromatic carbocycles. The Morgan fingerprint density at radius 2 is 1.92 bits per heavy atom. The molecule has 0 bridgehead atoms. The van der Waals surface area contributed by atoms with Gasteiger partial charge in [-0.15, -0.1) is 6.58 Å². The van der Waals surface area contributed by atoms with Gasteiger partial charge >= 0.3 is 11.9 Å². The first-order valence-electron chi connectivity index (χ1n) is 7.80. The van der Waals surface area contributed by atoms with Gasteiger partial charge in [0.25, 0.3) is 0 Å². The van der Waals surface area contributed by atoms with Crippen molar-refractivity contribution < 1.29 is 24.5 Å². The standard InChI is InChI=1S/C16H25NO.C2H2O4/c1-5-9-17-10-6-11-18-15-7-8-16(13(2)3)14(4)12-15;3-1(4)2(5)6/h5,7-8,12-13,17H,1,6,9-11H2,2-4H3;(H,3,4)(H,5,6). The van der Waals surface area contributed by atoms with Gasteiger partial charge in [-0.25, -0.2) is 9.59 Å². The van der Waals surface area contributed by atoms with E-state index in [1.165, 1.54) is 11.1 Å². The maximum Gasteiger partial charge on any atom is 0.414 e. The van der Waals surface area contributed by atoms with Gasteiger partial charge in [-0.05, 0) is 49.1 Å². The van der Waals surface area contributed by atoms with E-state index < -0.39 is 11.9 Å². The molecule has 134 valence electrons. The second-order valence-electron chi connectivity index (χ2n) is 5.48. The fourth-order valence-corrected chi connectivity index (χ4v) is 1.98. The molecule has 0 aliphatic heterocycles. The summed E-state index contributed by atoms with van der Waals surface area (Å²) in [6, 6.07) is 6.37. The molecule has 24 heavy (non-hydrogen) atoms. The van der Waals surface area contributed by atoms with Crippen molar-refractivity contribution in [1.29, 1.82) is 0 Å². The van der Waals surface area contributed by atoms with Gasteiger partial charge in [0.05, 0.1) is 6.61 Å². The number of carboxylic acid groups (broad SMARTS) is 2. The third-order valence-electron chi connectivity index (χ3n) is 3.10. The summed E-state index contributed by atoms with van der Waals surface area (Å²) >= 11 is 0. The number of aryl methyl sites for hydroxylation is 1. The number of hydrogen-bond acceptors (Lipinski definition) is 4. The molecule has 0 atom stereocenters. The molecular formula is C18H27NO5. The maximum absolute atomic E-state index is 9.10. The number of rotatable bonds is 8. The first kappa shape index (κ1) is 21.7. The topological polar surface area (TPSA) is 95.9 Å². The summed E-state index contributed by atoms with van der Waals surface area (Å²) in [5, 5.41) is 18.0. The highest BCUT2D eigenvalue weighted by molar-refractivity contribution is 6.27. The van der Waals surface area contributed by atoms with Crippen molar-refractivity contribution in [2.75, 3.05) is 19.7 Å². The van der Waals surface area contributed by atoms with Gasteiger partial charge in [-0.3, -0.25) is 0 Å². The van der Waals surface area contributed by atoms with Crippen molar-refractivity contribution in [3.8, 4) is 5.75 Å². The largest absolute Gasteiger partial charge is 0.494 e. The molecule has 1 aromatic rings. The number of ether oxygens (including phenoxy) is 1. The third-order valence-corrected chi connectivity index (χ3v) is 3.10. The summed E-state index contributed by atoms with van der Waals surface area (Å²) < 4.78 is 5.74. The number of nitrogens with one attached hydrogen (secondary N) is 1. The molecule has 0 radical (unpaired) electrons. The molecule has 0 saturated heterocycles. The van der Waals surface area contributed by atoms with Crippen LogP contribution in [0.2, 0.25) is 0 Å². The van der Waals surface area contributed by atoms with E-state index in [1.807, 2.05) is 6.08 Å². The molecule has 0 aromatic heterocycles. The van der Waals surface area contributed by atoms with Crippen molar-refractivity contribution in [1.82, 2.24) is 5.32 Å². The van der Waals surface area contributed by atoms with Crippen molar-refractivity contribution in [3.63, 3.8) is 0 Å². The van der Waals surface area contributed by atoms with Crippen LogP contribution >= 0.6 is 0 Å². The second-order valence-corrected chi connectivity index (χ2v) is 5.48. The Morgan fingerprint density at radius 3 is 2.38 bits per heavy atom. The van der Waals surface area contributed by atoms with Gasteiger partial charge in [-0.2, -0.15) is 0 Å². The fraction of sp³-hybridized carbons (Fsp3) is 0.444. The van der Waals surface area contributed by atoms with Gasteiger partial charge in [0.1, 0.15) is 5.75 Å². The molecule has 1 rings (SSSR count). The van der Waals surface area contributed by atoms with Crippen LogP contribution in [-0.2, 0) is 9.59 Å². The average Bonchev–Trinajstić information content (AvgIpc) is 2.51. The van der Waals surface area contributed by atoms with Crippen LogP contribution in [0, 0.1) is 6.92 Å². The van der Waals surface area contributed by atoms with Crippen molar-refractivity contribution >= 4 is 11.9 Å². The zero-order valence-corrected chi connectivity index (χ0v) is 14.5. The normalized spacial score (nSPS) is 9.83. The zero-order chi connectivity index (χ0) is 18.5. The molecule has 0 fully saturated rings. The van der Waals surface area contributed by atoms with Gasteiger partial charge < -0.3 is 20.3 Å². The van der Waals surface area contributed by atoms with E-state index in [0.717, 1.165) is 31.9 Å². The predicted molar refractivity (Wildman–Crippen MR) is 93.7 cm³/mol. The highest BCUT2D eigenvalue weighted by Gasteiger charge is 2.05. The van der Waals surface area contributed by atoms with Gasteiger partial charge in [-0.1, -0.05) is 26.0 Å². The summed E-state index contributed by atoms with van der Waals surface area (Å²) in [5.74, 6) is -2.10. The molecule has 6 heteroatoms. The quantitative estimate of drug-likeness (QED) is 0.383. The second kappa shape index (κ2) is 12.1. The summed E-state index contributed by atoms with van der Waals surface area (Å²) in [5.41, 5.74) is 2.71.